The van der Waals surface area contributed by atoms with Crippen LogP contribution in [0.2, 0.25) is 0 Å². The molecule has 7 nitrogen and oxygen atoms in total. The molecule has 2 rings (SSSR count). The molecule has 0 aromatic rings. The smallest absolute Gasteiger partial charge is 0.254 e. The number of rotatable bonds is 3. The number of piperidine rings is 1. The summed E-state index contributed by atoms with van der Waals surface area (Å²) in [6, 6.07) is -0.755. The summed E-state index contributed by atoms with van der Waals surface area (Å²) in [7, 11) is 1.45. The van der Waals surface area contributed by atoms with Gasteiger partial charge in [-0.1, -0.05) is 5.73 Å². The number of imide groups is 1. The van der Waals surface area contributed by atoms with Gasteiger partial charge in [0.1, 0.15) is 6.04 Å². The van der Waals surface area contributed by atoms with Gasteiger partial charge in [-0.3, -0.25) is 19.7 Å². The molecule has 0 bridgehead atoms. The van der Waals surface area contributed by atoms with Crippen molar-refractivity contribution in [1.82, 2.24) is 10.6 Å². The lowest BCUT2D eigenvalue weighted by Crippen LogP contribution is -2.52. The predicted octanol–water partition coefficient (Wildman–Crippen LogP) is -0.624. The molecule has 110 valence electrons. The molecule has 21 heavy (non-hydrogen) atoms. The first-order valence-electron chi connectivity index (χ1n) is 6.34. The van der Waals surface area contributed by atoms with Gasteiger partial charge in [0.25, 0.3) is 5.91 Å². The lowest BCUT2D eigenvalue weighted by molar-refractivity contribution is -0.136. The summed E-state index contributed by atoms with van der Waals surface area (Å²) in [5, 5.41) is 4.73. The summed E-state index contributed by atoms with van der Waals surface area (Å²) in [5.41, 5.74) is 9.01. The van der Waals surface area contributed by atoms with Crippen LogP contribution in [0.1, 0.15) is 12.8 Å². The first-order chi connectivity index (χ1) is 10.0. The average Bonchev–Trinajstić information content (AvgIpc) is 2.63. The van der Waals surface area contributed by atoms with E-state index >= 15 is 0 Å². The fourth-order valence-electron chi connectivity index (χ4n) is 1.94. The summed E-state index contributed by atoms with van der Waals surface area (Å²) < 4.78 is 5.03. The molecule has 0 radical (unpaired) electrons. The van der Waals surface area contributed by atoms with E-state index in [0.29, 0.717) is 5.76 Å². The standard InChI is InChI=1S/C14H15N3O4/c1-21-8-3-2-4-10(15)9(7-8)13(19)16-11-5-6-12(18)17-14(11)20/h2,4,7,11H,5-6,15H2,1H3,(H,16,19)(H,17,18,20). The number of allylic oxidation sites excluding steroid dienone is 2. The molecule has 1 aliphatic heterocycles. The Morgan fingerprint density at radius 1 is 1.52 bits per heavy atom. The van der Waals surface area contributed by atoms with Gasteiger partial charge in [0.05, 0.1) is 12.7 Å². The Hall–Kier alpha value is -2.79. The molecule has 1 unspecified atom stereocenters. The second kappa shape index (κ2) is 6.11. The van der Waals surface area contributed by atoms with Crippen LogP contribution < -0.4 is 16.4 Å². The van der Waals surface area contributed by atoms with E-state index in [1.54, 1.807) is 0 Å². The molecule has 0 saturated carbocycles. The maximum absolute atomic E-state index is 12.2. The molecule has 1 aliphatic carbocycles. The minimum atomic E-state index is -0.755. The van der Waals surface area contributed by atoms with Crippen molar-refractivity contribution in [1.29, 1.82) is 0 Å². The van der Waals surface area contributed by atoms with E-state index in [2.05, 4.69) is 16.4 Å². The molecule has 0 aromatic heterocycles. The highest BCUT2D eigenvalue weighted by Gasteiger charge is 2.29. The van der Waals surface area contributed by atoms with Crippen molar-refractivity contribution in [3.8, 4) is 0 Å². The summed E-state index contributed by atoms with van der Waals surface area (Å²) in [6.45, 7) is 0. The fourth-order valence-corrected chi connectivity index (χ4v) is 1.94. The molecule has 1 heterocycles. The van der Waals surface area contributed by atoms with E-state index in [4.69, 9.17) is 10.5 Å². The van der Waals surface area contributed by atoms with Crippen molar-refractivity contribution in [3.63, 3.8) is 0 Å². The second-order valence-electron chi connectivity index (χ2n) is 4.54. The van der Waals surface area contributed by atoms with E-state index in [1.165, 1.54) is 25.3 Å². The van der Waals surface area contributed by atoms with Crippen molar-refractivity contribution in [2.75, 3.05) is 7.11 Å². The molecule has 1 saturated heterocycles. The molecular formula is C14H15N3O4. The van der Waals surface area contributed by atoms with Gasteiger partial charge in [-0.25, -0.2) is 0 Å². The zero-order valence-electron chi connectivity index (χ0n) is 11.4. The molecule has 4 N–H and O–H groups in total. The van der Waals surface area contributed by atoms with Gasteiger partial charge >= 0.3 is 0 Å². The third kappa shape index (κ3) is 3.40. The van der Waals surface area contributed by atoms with Crippen LogP contribution in [0.5, 0.6) is 0 Å². The number of amides is 3. The molecule has 1 atom stereocenters. The van der Waals surface area contributed by atoms with E-state index in [0.717, 1.165) is 0 Å². The minimum absolute atomic E-state index is 0.179. The van der Waals surface area contributed by atoms with Gasteiger partial charge in [0.2, 0.25) is 11.8 Å². The topological polar surface area (TPSA) is 111 Å². The Morgan fingerprint density at radius 2 is 2.29 bits per heavy atom. The zero-order chi connectivity index (χ0) is 15.4. The Morgan fingerprint density at radius 3 is 2.95 bits per heavy atom. The summed E-state index contributed by atoms with van der Waals surface area (Å²) in [5.74, 6) is -1.02. The first-order valence-corrected chi connectivity index (χ1v) is 6.34. The molecule has 2 aliphatic rings. The predicted molar refractivity (Wildman–Crippen MR) is 73.3 cm³/mol. The highest BCUT2D eigenvalue weighted by molar-refractivity contribution is 6.04. The third-order valence-electron chi connectivity index (χ3n) is 3.08. The van der Waals surface area contributed by atoms with Crippen LogP contribution in [0.25, 0.3) is 0 Å². The lowest BCUT2D eigenvalue weighted by Gasteiger charge is -2.22. The first kappa shape index (κ1) is 14.6. The van der Waals surface area contributed by atoms with Gasteiger partial charge in [-0.05, 0) is 18.6 Å². The minimum Gasteiger partial charge on any atom is -0.489 e. The zero-order valence-corrected chi connectivity index (χ0v) is 11.4. The molecule has 3 amide bonds. The van der Waals surface area contributed by atoms with Crippen LogP contribution in [-0.4, -0.2) is 30.9 Å². The fraction of sp³-hybridized carbons (Fsp3) is 0.286. The summed E-state index contributed by atoms with van der Waals surface area (Å²) >= 11 is 0. The molecule has 0 aromatic carbocycles. The van der Waals surface area contributed by atoms with Gasteiger partial charge in [-0.2, -0.15) is 0 Å². The molecule has 7 heteroatoms. The number of ether oxygens (including phenoxy) is 1. The van der Waals surface area contributed by atoms with Crippen LogP contribution in [0.3, 0.4) is 0 Å². The largest absolute Gasteiger partial charge is 0.489 e. The number of carbonyl (C=O) groups is 3. The maximum Gasteiger partial charge on any atom is 0.254 e. The Kier molecular flexibility index (Phi) is 4.25. The number of hydrogen-bond acceptors (Lipinski definition) is 5. The highest BCUT2D eigenvalue weighted by atomic mass is 16.5. The van der Waals surface area contributed by atoms with Gasteiger partial charge in [0.15, 0.2) is 5.76 Å². The van der Waals surface area contributed by atoms with E-state index in [9.17, 15) is 14.4 Å². The quantitative estimate of drug-likeness (QED) is 0.473. The van der Waals surface area contributed by atoms with Crippen molar-refractivity contribution >= 4 is 17.7 Å². The van der Waals surface area contributed by atoms with E-state index in [-0.39, 0.29) is 30.0 Å². The van der Waals surface area contributed by atoms with Crippen molar-refractivity contribution in [2.24, 2.45) is 5.73 Å². The Labute approximate surface area is 121 Å². The van der Waals surface area contributed by atoms with Crippen LogP contribution in [0.4, 0.5) is 0 Å². The molecule has 1 fully saturated rings. The van der Waals surface area contributed by atoms with Gasteiger partial charge < -0.3 is 15.8 Å². The normalized spacial score (nSPS) is 21.6. The summed E-state index contributed by atoms with van der Waals surface area (Å²) in [6.07, 6.45) is 4.94. The van der Waals surface area contributed by atoms with Crippen LogP contribution in [0.15, 0.2) is 41.0 Å². The third-order valence-corrected chi connectivity index (χ3v) is 3.08. The van der Waals surface area contributed by atoms with E-state index in [1.807, 2.05) is 0 Å². The number of carbonyl (C=O) groups excluding carboxylic acids is 3. The average molecular weight is 289 g/mol. The number of nitrogens with two attached hydrogens (primary N) is 1. The number of methoxy groups -OCH3 is 1. The number of hydrogen-bond donors (Lipinski definition) is 3. The van der Waals surface area contributed by atoms with Gasteiger partial charge in [0, 0.05) is 18.2 Å². The van der Waals surface area contributed by atoms with Crippen molar-refractivity contribution in [2.45, 2.75) is 18.9 Å². The van der Waals surface area contributed by atoms with Crippen molar-refractivity contribution < 1.29 is 19.1 Å². The molecular weight excluding hydrogens is 274 g/mol. The molecule has 0 spiro atoms. The lowest BCUT2D eigenvalue weighted by atomic mass is 10.0. The second-order valence-corrected chi connectivity index (χ2v) is 4.54. The Bertz CT molecular complexity index is 624. The van der Waals surface area contributed by atoms with E-state index < -0.39 is 17.9 Å². The van der Waals surface area contributed by atoms with Crippen LogP contribution in [-0.2, 0) is 19.1 Å². The number of nitrogens with one attached hydrogen (secondary N) is 2. The van der Waals surface area contributed by atoms with Crippen molar-refractivity contribution in [3.05, 3.63) is 41.0 Å². The highest BCUT2D eigenvalue weighted by Crippen LogP contribution is 2.14. The maximum atomic E-state index is 12.2. The summed E-state index contributed by atoms with van der Waals surface area (Å²) in [4.78, 5) is 34.9. The monoisotopic (exact) mass is 289 g/mol. The van der Waals surface area contributed by atoms with Crippen LogP contribution >= 0.6 is 0 Å². The van der Waals surface area contributed by atoms with Gasteiger partial charge in [-0.15, -0.1) is 0 Å². The Balaban J connectivity index is 2.13. The SMILES string of the molecule is COC1=C=CC=C(N)C(C(=O)NC2CCC(=O)NC2=O)=C1. The van der Waals surface area contributed by atoms with Crippen LogP contribution in [0, 0.1) is 0 Å².